The minimum absolute atomic E-state index is 0.00259. The molecule has 0 saturated carbocycles. The Morgan fingerprint density at radius 2 is 1.58 bits per heavy atom. The largest absolute Gasteiger partial charge is 0.453 e. The lowest BCUT2D eigenvalue weighted by Gasteiger charge is -2.41. The van der Waals surface area contributed by atoms with E-state index in [1.807, 2.05) is 78.9 Å². The van der Waals surface area contributed by atoms with Crippen LogP contribution in [0, 0.1) is 5.92 Å². The highest BCUT2D eigenvalue weighted by Crippen LogP contribution is 2.43. The Balaban J connectivity index is 1.31. The molecule has 1 fully saturated rings. The molecule has 0 spiro atoms. The van der Waals surface area contributed by atoms with Crippen LogP contribution in [0.1, 0.15) is 55.4 Å². The molecule has 5 atom stereocenters. The number of thioether (sulfide) groups is 1. The SMILES string of the molecule is CC(=O)O[C@@H](C)C(=O)NCc1cccc(-c2ccc([C@@H]3O[C@H](CSc4ccccc4)[C@H](C)[C@H](c4ccc(CO)cc4)O3)cc2)c1. The lowest BCUT2D eigenvalue weighted by Crippen LogP contribution is -2.38. The second-order valence-corrected chi connectivity index (χ2v) is 12.3. The summed E-state index contributed by atoms with van der Waals surface area (Å²) in [6, 6.07) is 34.4. The minimum atomic E-state index is -0.846. The molecule has 1 heterocycles. The maximum absolute atomic E-state index is 12.3. The lowest BCUT2D eigenvalue weighted by molar-refractivity contribution is -0.268. The van der Waals surface area contributed by atoms with E-state index in [0.29, 0.717) is 6.54 Å². The number of carbonyl (C=O) groups excluding carboxylic acids is 2. The normalized spacial score (nSPS) is 20.3. The zero-order valence-electron chi connectivity index (χ0n) is 25.7. The Bertz CT molecular complexity index is 1560. The average Bonchev–Trinajstić information content (AvgIpc) is 3.07. The first-order chi connectivity index (χ1) is 21.8. The van der Waals surface area contributed by atoms with Gasteiger partial charge in [-0.05, 0) is 52.9 Å². The highest BCUT2D eigenvalue weighted by Gasteiger charge is 2.38. The molecule has 1 aliphatic heterocycles. The highest BCUT2D eigenvalue weighted by molar-refractivity contribution is 7.99. The highest BCUT2D eigenvalue weighted by atomic mass is 32.2. The molecular formula is C37H39NO6S. The van der Waals surface area contributed by atoms with E-state index in [1.165, 1.54) is 11.8 Å². The monoisotopic (exact) mass is 625 g/mol. The molecule has 0 radical (unpaired) electrons. The van der Waals surface area contributed by atoms with Gasteiger partial charge in [0, 0.05) is 35.6 Å². The van der Waals surface area contributed by atoms with Gasteiger partial charge < -0.3 is 24.6 Å². The minimum Gasteiger partial charge on any atom is -0.453 e. The summed E-state index contributed by atoms with van der Waals surface area (Å²) in [6.45, 7) is 5.33. The van der Waals surface area contributed by atoms with Crippen molar-refractivity contribution in [3.8, 4) is 11.1 Å². The fourth-order valence-corrected chi connectivity index (χ4v) is 6.42. The molecule has 0 aliphatic carbocycles. The van der Waals surface area contributed by atoms with Crippen molar-refractivity contribution in [2.45, 2.75) is 63.4 Å². The molecule has 1 saturated heterocycles. The smallest absolute Gasteiger partial charge is 0.303 e. The molecule has 5 rings (SSSR count). The Morgan fingerprint density at radius 1 is 0.867 bits per heavy atom. The zero-order chi connectivity index (χ0) is 31.8. The third kappa shape index (κ3) is 8.61. The number of aliphatic hydroxyl groups is 1. The molecule has 4 aromatic rings. The first-order valence-corrected chi connectivity index (χ1v) is 16.1. The van der Waals surface area contributed by atoms with Crippen LogP contribution in [0.25, 0.3) is 11.1 Å². The van der Waals surface area contributed by atoms with Crippen LogP contribution in [0.3, 0.4) is 0 Å². The number of nitrogens with one attached hydrogen (secondary N) is 1. The van der Waals surface area contributed by atoms with Gasteiger partial charge in [0.25, 0.3) is 5.91 Å². The number of amides is 1. The number of hydrogen-bond acceptors (Lipinski definition) is 7. The van der Waals surface area contributed by atoms with Crippen LogP contribution in [0.2, 0.25) is 0 Å². The summed E-state index contributed by atoms with van der Waals surface area (Å²) in [5.74, 6) is 0.0643. The zero-order valence-corrected chi connectivity index (χ0v) is 26.5. The topological polar surface area (TPSA) is 94.1 Å². The predicted molar refractivity (Wildman–Crippen MR) is 175 cm³/mol. The summed E-state index contributed by atoms with van der Waals surface area (Å²) in [4.78, 5) is 24.6. The summed E-state index contributed by atoms with van der Waals surface area (Å²) < 4.78 is 18.2. The van der Waals surface area contributed by atoms with Crippen molar-refractivity contribution >= 4 is 23.6 Å². The van der Waals surface area contributed by atoms with Gasteiger partial charge in [-0.2, -0.15) is 0 Å². The number of aliphatic hydroxyl groups excluding tert-OH is 1. The molecule has 1 aliphatic rings. The molecule has 0 aromatic heterocycles. The fourth-order valence-electron chi connectivity index (χ4n) is 5.33. The van der Waals surface area contributed by atoms with Crippen LogP contribution in [0.5, 0.6) is 0 Å². The van der Waals surface area contributed by atoms with E-state index < -0.39 is 18.4 Å². The van der Waals surface area contributed by atoms with Crippen molar-refractivity contribution in [3.05, 3.63) is 125 Å². The maximum atomic E-state index is 12.3. The Morgan fingerprint density at radius 3 is 2.27 bits per heavy atom. The second kappa shape index (κ2) is 15.4. The first kappa shape index (κ1) is 32.4. The quantitative estimate of drug-likeness (QED) is 0.137. The van der Waals surface area contributed by atoms with E-state index in [-0.39, 0.29) is 30.6 Å². The summed E-state index contributed by atoms with van der Waals surface area (Å²) in [5, 5.41) is 12.4. The van der Waals surface area contributed by atoms with Crippen LogP contribution < -0.4 is 5.32 Å². The average molecular weight is 626 g/mol. The molecule has 0 unspecified atom stereocenters. The molecule has 2 N–H and O–H groups in total. The van der Waals surface area contributed by atoms with E-state index in [9.17, 15) is 14.7 Å². The molecule has 45 heavy (non-hydrogen) atoms. The van der Waals surface area contributed by atoms with Gasteiger partial charge in [-0.15, -0.1) is 11.8 Å². The van der Waals surface area contributed by atoms with Crippen molar-refractivity contribution in [2.75, 3.05) is 5.75 Å². The van der Waals surface area contributed by atoms with Gasteiger partial charge >= 0.3 is 5.97 Å². The number of benzene rings is 4. The van der Waals surface area contributed by atoms with Crippen LogP contribution in [-0.2, 0) is 37.0 Å². The van der Waals surface area contributed by atoms with Gasteiger partial charge in [-0.3, -0.25) is 9.59 Å². The van der Waals surface area contributed by atoms with E-state index in [2.05, 4.69) is 36.5 Å². The summed E-state index contributed by atoms with van der Waals surface area (Å²) >= 11 is 1.78. The number of rotatable bonds is 11. The Labute approximate surface area is 268 Å². The standard InChI is InChI=1S/C37H39NO6S/c1-24-34(23-45-33-10-5-4-6-11-33)43-37(44-35(24)30-14-12-27(22-39)13-15-30)31-18-16-29(17-19-31)32-9-7-8-28(20-32)21-38-36(41)25(2)42-26(3)40/h4-20,24-25,34-35,37,39H,21-23H2,1-3H3,(H,38,41)/t24-,25-,34+,35+,37+/m0/s1. The van der Waals surface area contributed by atoms with Gasteiger partial charge in [-0.1, -0.05) is 91.9 Å². The Kier molecular flexibility index (Phi) is 11.1. The summed E-state index contributed by atoms with van der Waals surface area (Å²) in [5.41, 5.74) is 5.83. The fraction of sp³-hybridized carbons (Fsp3) is 0.297. The van der Waals surface area contributed by atoms with Gasteiger partial charge in [0.15, 0.2) is 12.4 Å². The van der Waals surface area contributed by atoms with E-state index in [4.69, 9.17) is 14.2 Å². The van der Waals surface area contributed by atoms with Gasteiger partial charge in [0.2, 0.25) is 0 Å². The molecule has 234 valence electrons. The molecular weight excluding hydrogens is 586 g/mol. The lowest BCUT2D eigenvalue weighted by atomic mass is 9.91. The van der Waals surface area contributed by atoms with Crippen molar-refractivity contribution in [1.82, 2.24) is 5.32 Å². The van der Waals surface area contributed by atoms with Crippen LogP contribution >= 0.6 is 11.8 Å². The van der Waals surface area contributed by atoms with Crippen LogP contribution in [-0.4, -0.2) is 34.9 Å². The van der Waals surface area contributed by atoms with E-state index >= 15 is 0 Å². The van der Waals surface area contributed by atoms with Gasteiger partial charge in [0.1, 0.15) is 0 Å². The number of hydrogen-bond donors (Lipinski definition) is 2. The van der Waals surface area contributed by atoms with Crippen molar-refractivity contribution < 1.29 is 28.9 Å². The molecule has 8 heteroatoms. The first-order valence-electron chi connectivity index (χ1n) is 15.1. The van der Waals surface area contributed by atoms with Crippen LogP contribution in [0.15, 0.2) is 108 Å². The second-order valence-electron chi connectivity index (χ2n) is 11.2. The van der Waals surface area contributed by atoms with Crippen molar-refractivity contribution in [1.29, 1.82) is 0 Å². The van der Waals surface area contributed by atoms with E-state index in [1.54, 1.807) is 18.7 Å². The summed E-state index contributed by atoms with van der Waals surface area (Å²) in [6.07, 6.45) is -1.61. The maximum Gasteiger partial charge on any atom is 0.303 e. The third-order valence-corrected chi connectivity index (χ3v) is 9.00. The number of esters is 1. The third-order valence-electron chi connectivity index (χ3n) is 7.90. The van der Waals surface area contributed by atoms with E-state index in [0.717, 1.165) is 39.1 Å². The predicted octanol–water partition coefficient (Wildman–Crippen LogP) is 7.00. The number of carbonyl (C=O) groups is 2. The molecule has 4 aromatic carbocycles. The van der Waals surface area contributed by atoms with Crippen molar-refractivity contribution in [2.24, 2.45) is 5.92 Å². The molecule has 7 nitrogen and oxygen atoms in total. The molecule has 1 amide bonds. The van der Waals surface area contributed by atoms with Gasteiger partial charge in [-0.25, -0.2) is 0 Å². The van der Waals surface area contributed by atoms with Crippen molar-refractivity contribution in [3.63, 3.8) is 0 Å². The van der Waals surface area contributed by atoms with Crippen LogP contribution in [0.4, 0.5) is 0 Å². The Hall–Kier alpha value is -3.95. The molecule has 0 bridgehead atoms. The van der Waals surface area contributed by atoms with Gasteiger partial charge in [0.05, 0.1) is 18.8 Å². The number of ether oxygens (including phenoxy) is 3. The summed E-state index contributed by atoms with van der Waals surface area (Å²) in [7, 11) is 0.